The molecule has 0 heterocycles. The van der Waals surface area contributed by atoms with E-state index in [1.54, 1.807) is 6.92 Å². The molecule has 0 unspecified atom stereocenters. The third-order valence-electron chi connectivity index (χ3n) is 1.51. The van der Waals surface area contributed by atoms with Crippen LogP contribution < -0.4 is 5.73 Å². The van der Waals surface area contributed by atoms with Crippen LogP contribution in [0, 0.1) is 22.2 Å². The second kappa shape index (κ2) is 6.20. The van der Waals surface area contributed by atoms with Crippen LogP contribution in [0.25, 0.3) is 0 Å². The van der Waals surface area contributed by atoms with Crippen LogP contribution in [0.3, 0.4) is 0 Å². The number of hydrogen-bond donors (Lipinski definition) is 2. The summed E-state index contributed by atoms with van der Waals surface area (Å²) in [6, 6.07) is 1.94. The van der Waals surface area contributed by atoms with E-state index in [9.17, 15) is 0 Å². The maximum Gasteiger partial charge on any atom is 0.103 e. The van der Waals surface area contributed by atoms with Crippen LogP contribution in [0.4, 0.5) is 0 Å². The number of nitrogens with zero attached hydrogens (tertiary/aromatic N) is 1. The van der Waals surface area contributed by atoms with Crippen LogP contribution in [0.1, 0.15) is 41.5 Å². The number of rotatable bonds is 1. The topological polar surface area (TPSA) is 73.7 Å². The zero-order chi connectivity index (χ0) is 11.9. The predicted molar refractivity (Wildman–Crippen MR) is 61.0 cm³/mol. The van der Waals surface area contributed by atoms with Gasteiger partial charge in [-0.3, -0.25) is 0 Å². The van der Waals surface area contributed by atoms with Gasteiger partial charge in [0.15, 0.2) is 0 Å². The summed E-state index contributed by atoms with van der Waals surface area (Å²) in [7, 11) is 0. The lowest BCUT2D eigenvalue weighted by Crippen LogP contribution is -2.22. The maximum absolute atomic E-state index is 8.70. The molecule has 0 rings (SSSR count). The van der Waals surface area contributed by atoms with Crippen LogP contribution >= 0.6 is 0 Å². The summed E-state index contributed by atoms with van der Waals surface area (Å²) in [5.74, 6) is 0. The first-order valence-electron chi connectivity index (χ1n) is 4.76. The summed E-state index contributed by atoms with van der Waals surface area (Å²) >= 11 is 0. The minimum absolute atomic E-state index is 0.294. The highest BCUT2D eigenvalue weighted by Gasteiger charge is 2.21. The van der Waals surface area contributed by atoms with E-state index in [0.717, 1.165) is 0 Å². The summed E-state index contributed by atoms with van der Waals surface area (Å²) in [6.45, 7) is 11.3. The SMILES string of the molecule is C/C(N)=C(\C#N)C(=N)C(C)(C)C.CC. The van der Waals surface area contributed by atoms with Crippen LogP contribution in [0.2, 0.25) is 0 Å². The number of nitrogens with two attached hydrogens (primary N) is 1. The zero-order valence-electron chi connectivity index (χ0n) is 10.0. The number of hydrogen-bond acceptors (Lipinski definition) is 3. The average molecular weight is 195 g/mol. The van der Waals surface area contributed by atoms with Crippen molar-refractivity contribution < 1.29 is 0 Å². The minimum Gasteiger partial charge on any atom is -0.401 e. The molecule has 14 heavy (non-hydrogen) atoms. The highest BCUT2D eigenvalue weighted by molar-refractivity contribution is 6.05. The molecule has 3 N–H and O–H groups in total. The Morgan fingerprint density at radius 1 is 1.29 bits per heavy atom. The number of nitrogens with one attached hydrogen (secondary N) is 1. The predicted octanol–water partition coefficient (Wildman–Crippen LogP) is 2.83. The van der Waals surface area contributed by atoms with E-state index < -0.39 is 0 Å². The highest BCUT2D eigenvalue weighted by Crippen LogP contribution is 2.20. The number of nitriles is 1. The van der Waals surface area contributed by atoms with Crippen LogP contribution in [0.15, 0.2) is 11.3 Å². The number of allylic oxidation sites excluding steroid dienone is 2. The van der Waals surface area contributed by atoms with Crippen molar-refractivity contribution in [1.82, 2.24) is 0 Å². The summed E-state index contributed by atoms with van der Waals surface area (Å²) in [5.41, 5.74) is 6.15. The van der Waals surface area contributed by atoms with E-state index in [-0.39, 0.29) is 5.41 Å². The molecule has 0 aliphatic rings. The third kappa shape index (κ3) is 4.66. The van der Waals surface area contributed by atoms with Crippen molar-refractivity contribution in [3.05, 3.63) is 11.3 Å². The van der Waals surface area contributed by atoms with Gasteiger partial charge in [-0.15, -0.1) is 0 Å². The van der Waals surface area contributed by atoms with Gasteiger partial charge in [-0.2, -0.15) is 5.26 Å². The molecule has 0 radical (unpaired) electrons. The Hall–Kier alpha value is -1.30. The van der Waals surface area contributed by atoms with Gasteiger partial charge in [-0.05, 0) is 6.92 Å². The average Bonchev–Trinajstić information content (AvgIpc) is 2.06. The van der Waals surface area contributed by atoms with E-state index in [4.69, 9.17) is 16.4 Å². The molecule has 0 spiro atoms. The quantitative estimate of drug-likeness (QED) is 0.498. The summed E-state index contributed by atoms with van der Waals surface area (Å²) in [4.78, 5) is 0. The Morgan fingerprint density at radius 2 is 1.64 bits per heavy atom. The second-order valence-electron chi connectivity index (χ2n) is 3.79. The first-order chi connectivity index (χ1) is 6.30. The van der Waals surface area contributed by atoms with E-state index in [0.29, 0.717) is 17.0 Å². The Labute approximate surface area is 87.1 Å². The molecule has 0 aliphatic carbocycles. The van der Waals surface area contributed by atoms with Gasteiger partial charge in [0.1, 0.15) is 6.07 Å². The fourth-order valence-corrected chi connectivity index (χ4v) is 0.716. The molecule has 0 saturated heterocycles. The van der Waals surface area contributed by atoms with E-state index in [1.807, 2.05) is 40.7 Å². The van der Waals surface area contributed by atoms with Crippen molar-refractivity contribution in [3.63, 3.8) is 0 Å². The van der Waals surface area contributed by atoms with E-state index >= 15 is 0 Å². The lowest BCUT2D eigenvalue weighted by molar-refractivity contribution is 0.588. The van der Waals surface area contributed by atoms with Gasteiger partial charge >= 0.3 is 0 Å². The zero-order valence-corrected chi connectivity index (χ0v) is 10.0. The van der Waals surface area contributed by atoms with Gasteiger partial charge in [-0.1, -0.05) is 34.6 Å². The summed E-state index contributed by atoms with van der Waals surface area (Å²) in [5, 5.41) is 16.4. The molecule has 3 heteroatoms. The highest BCUT2D eigenvalue weighted by atomic mass is 14.6. The van der Waals surface area contributed by atoms with Crippen LogP contribution in [0.5, 0.6) is 0 Å². The fourth-order valence-electron chi connectivity index (χ4n) is 0.716. The Morgan fingerprint density at radius 3 is 1.71 bits per heavy atom. The normalized spacial score (nSPS) is 11.8. The third-order valence-corrected chi connectivity index (χ3v) is 1.51. The molecule has 0 saturated carbocycles. The molecular weight excluding hydrogens is 174 g/mol. The molecular formula is C11H21N3. The fraction of sp³-hybridized carbons (Fsp3) is 0.636. The molecule has 0 aromatic carbocycles. The van der Waals surface area contributed by atoms with Gasteiger partial charge in [-0.25, -0.2) is 0 Å². The van der Waals surface area contributed by atoms with Gasteiger partial charge < -0.3 is 11.1 Å². The molecule has 0 atom stereocenters. The van der Waals surface area contributed by atoms with Crippen molar-refractivity contribution in [2.75, 3.05) is 0 Å². The molecule has 3 nitrogen and oxygen atoms in total. The lowest BCUT2D eigenvalue weighted by Gasteiger charge is -2.19. The molecule has 0 aromatic rings. The molecule has 0 bridgehead atoms. The minimum atomic E-state index is -0.314. The monoisotopic (exact) mass is 195 g/mol. The Bertz CT molecular complexity index is 257. The van der Waals surface area contributed by atoms with Crippen LogP contribution in [-0.4, -0.2) is 5.71 Å². The van der Waals surface area contributed by atoms with Gasteiger partial charge in [0.25, 0.3) is 0 Å². The summed E-state index contributed by atoms with van der Waals surface area (Å²) < 4.78 is 0. The largest absolute Gasteiger partial charge is 0.401 e. The molecule has 80 valence electrons. The first-order valence-corrected chi connectivity index (χ1v) is 4.76. The Kier molecular flexibility index (Phi) is 6.72. The van der Waals surface area contributed by atoms with E-state index in [2.05, 4.69) is 0 Å². The smallest absolute Gasteiger partial charge is 0.103 e. The van der Waals surface area contributed by atoms with Crippen LogP contribution in [-0.2, 0) is 0 Å². The van der Waals surface area contributed by atoms with Crippen molar-refractivity contribution >= 4 is 5.71 Å². The molecule has 0 amide bonds. The summed E-state index contributed by atoms with van der Waals surface area (Å²) in [6.07, 6.45) is 0. The molecule has 0 aliphatic heterocycles. The van der Waals surface area contributed by atoms with E-state index in [1.165, 1.54) is 0 Å². The maximum atomic E-state index is 8.70. The van der Waals surface area contributed by atoms with Gasteiger partial charge in [0.05, 0.1) is 11.3 Å². The van der Waals surface area contributed by atoms with Crippen molar-refractivity contribution in [2.45, 2.75) is 41.5 Å². The molecule has 0 aromatic heterocycles. The van der Waals surface area contributed by atoms with Crippen molar-refractivity contribution in [2.24, 2.45) is 11.1 Å². The lowest BCUT2D eigenvalue weighted by atomic mass is 9.85. The molecule has 0 fully saturated rings. The van der Waals surface area contributed by atoms with Crippen molar-refractivity contribution in [1.29, 1.82) is 10.7 Å². The Balaban J connectivity index is 0. The first kappa shape index (κ1) is 15.2. The second-order valence-corrected chi connectivity index (χ2v) is 3.79. The van der Waals surface area contributed by atoms with Gasteiger partial charge in [0, 0.05) is 11.1 Å². The standard InChI is InChI=1S/C9H15N3.C2H6/c1-6(11)7(5-10)8(12)9(2,3)4;1-2/h12H,11H2,1-4H3;1-2H3/b7-6-,12-8?;. The van der Waals surface area contributed by atoms with Gasteiger partial charge in [0.2, 0.25) is 0 Å². The van der Waals surface area contributed by atoms with Crippen molar-refractivity contribution in [3.8, 4) is 6.07 Å².